The molecule has 0 bridgehead atoms. The van der Waals surface area contributed by atoms with E-state index in [1.54, 1.807) is 6.92 Å². The first-order valence-electron chi connectivity index (χ1n) is 3.80. The van der Waals surface area contributed by atoms with Gasteiger partial charge in [-0.1, -0.05) is 6.92 Å². The first kappa shape index (κ1) is 9.50. The predicted octanol–water partition coefficient (Wildman–Crippen LogP) is -0.454. The number of hydrazone groups is 1. The molecule has 0 aromatic rings. The molecule has 1 atom stereocenters. The first-order valence-corrected chi connectivity index (χ1v) is 3.80. The van der Waals surface area contributed by atoms with Gasteiger partial charge >= 0.3 is 12.0 Å². The number of ether oxygens (including phenoxy) is 1. The Labute approximate surface area is 75.3 Å². The van der Waals surface area contributed by atoms with Gasteiger partial charge in [-0.25, -0.2) is 14.6 Å². The van der Waals surface area contributed by atoms with E-state index in [0.717, 1.165) is 5.01 Å². The number of amides is 2. The number of nitrogens with two attached hydrogens (primary N) is 1. The maximum absolute atomic E-state index is 11.1. The van der Waals surface area contributed by atoms with Gasteiger partial charge in [0.1, 0.15) is 0 Å². The van der Waals surface area contributed by atoms with Crippen LogP contribution in [-0.2, 0) is 9.53 Å². The molecule has 0 spiro atoms. The van der Waals surface area contributed by atoms with Gasteiger partial charge in [-0.3, -0.25) is 0 Å². The molecule has 0 radical (unpaired) electrons. The van der Waals surface area contributed by atoms with Gasteiger partial charge in [0.15, 0.2) is 5.71 Å². The lowest BCUT2D eigenvalue weighted by molar-refractivity contribution is -0.132. The van der Waals surface area contributed by atoms with Crippen molar-refractivity contribution >= 4 is 17.7 Å². The van der Waals surface area contributed by atoms with Crippen molar-refractivity contribution in [2.24, 2.45) is 16.8 Å². The second-order valence-electron chi connectivity index (χ2n) is 2.80. The standard InChI is InChI=1S/C7H11N3O3/c1-4-3-10(7(8)12)9-5(4)6(11)13-2/h4H,3H2,1-2H3,(H2,8,12). The average Bonchev–Trinajstić information content (AvgIpc) is 2.46. The predicted molar refractivity (Wildman–Crippen MR) is 44.9 cm³/mol. The van der Waals surface area contributed by atoms with Crippen molar-refractivity contribution in [3.05, 3.63) is 0 Å². The summed E-state index contributed by atoms with van der Waals surface area (Å²) in [5.74, 6) is -0.642. The molecule has 72 valence electrons. The van der Waals surface area contributed by atoms with Crippen molar-refractivity contribution in [3.8, 4) is 0 Å². The number of methoxy groups -OCH3 is 1. The molecule has 1 unspecified atom stereocenters. The lowest BCUT2D eigenvalue weighted by Crippen LogP contribution is -2.30. The molecule has 0 fully saturated rings. The Kier molecular flexibility index (Phi) is 2.50. The third kappa shape index (κ3) is 1.77. The molecule has 0 aromatic carbocycles. The number of esters is 1. The average molecular weight is 185 g/mol. The highest BCUT2D eigenvalue weighted by molar-refractivity contribution is 6.37. The number of hydrogen-bond acceptors (Lipinski definition) is 4. The van der Waals surface area contributed by atoms with Crippen LogP contribution in [0.5, 0.6) is 0 Å². The molecular formula is C7H11N3O3. The van der Waals surface area contributed by atoms with Crippen molar-refractivity contribution in [1.82, 2.24) is 5.01 Å². The molecule has 6 heteroatoms. The van der Waals surface area contributed by atoms with E-state index in [1.807, 2.05) is 0 Å². The van der Waals surface area contributed by atoms with Crippen LogP contribution in [0.2, 0.25) is 0 Å². The van der Waals surface area contributed by atoms with Crippen molar-refractivity contribution in [3.63, 3.8) is 0 Å². The largest absolute Gasteiger partial charge is 0.464 e. The first-order chi connectivity index (χ1) is 6.06. The second kappa shape index (κ2) is 3.42. The Hall–Kier alpha value is -1.59. The van der Waals surface area contributed by atoms with E-state index in [2.05, 4.69) is 9.84 Å². The van der Waals surface area contributed by atoms with Crippen molar-refractivity contribution in [2.45, 2.75) is 6.92 Å². The minimum atomic E-state index is -0.661. The minimum absolute atomic E-state index is 0.125. The van der Waals surface area contributed by atoms with E-state index >= 15 is 0 Å². The highest BCUT2D eigenvalue weighted by atomic mass is 16.5. The third-order valence-corrected chi connectivity index (χ3v) is 1.79. The molecule has 2 N–H and O–H groups in total. The van der Waals surface area contributed by atoms with Crippen LogP contribution in [0.25, 0.3) is 0 Å². The fraction of sp³-hybridized carbons (Fsp3) is 0.571. The van der Waals surface area contributed by atoms with Crippen LogP contribution >= 0.6 is 0 Å². The van der Waals surface area contributed by atoms with Gasteiger partial charge in [-0.15, -0.1) is 0 Å². The van der Waals surface area contributed by atoms with E-state index < -0.39 is 12.0 Å². The summed E-state index contributed by atoms with van der Waals surface area (Å²) in [6.45, 7) is 2.11. The van der Waals surface area contributed by atoms with Gasteiger partial charge in [-0.2, -0.15) is 5.10 Å². The summed E-state index contributed by atoms with van der Waals surface area (Å²) < 4.78 is 4.48. The third-order valence-electron chi connectivity index (χ3n) is 1.79. The van der Waals surface area contributed by atoms with Crippen LogP contribution in [0.1, 0.15) is 6.92 Å². The molecule has 0 aromatic heterocycles. The zero-order valence-electron chi connectivity index (χ0n) is 7.48. The second-order valence-corrected chi connectivity index (χ2v) is 2.80. The maximum atomic E-state index is 11.1. The van der Waals surface area contributed by atoms with E-state index in [4.69, 9.17) is 5.73 Å². The van der Waals surface area contributed by atoms with Crippen LogP contribution in [0, 0.1) is 5.92 Å². The number of urea groups is 1. The number of rotatable bonds is 1. The topological polar surface area (TPSA) is 85.0 Å². The Balaban J connectivity index is 2.79. The van der Waals surface area contributed by atoms with Gasteiger partial charge in [0, 0.05) is 5.92 Å². The molecule has 0 saturated carbocycles. The zero-order valence-corrected chi connectivity index (χ0v) is 7.48. The molecule has 6 nitrogen and oxygen atoms in total. The summed E-state index contributed by atoms with van der Waals surface area (Å²) in [4.78, 5) is 21.8. The molecule has 1 aliphatic rings. The van der Waals surface area contributed by atoms with Gasteiger partial charge in [0.25, 0.3) is 0 Å². The van der Waals surface area contributed by atoms with Crippen LogP contribution in [0.4, 0.5) is 4.79 Å². The summed E-state index contributed by atoms with van der Waals surface area (Å²) in [5, 5.41) is 4.79. The number of primary amides is 1. The quantitative estimate of drug-likeness (QED) is 0.561. The highest BCUT2D eigenvalue weighted by Crippen LogP contribution is 2.13. The fourth-order valence-electron chi connectivity index (χ4n) is 1.10. The Bertz CT molecular complexity index is 274. The molecule has 0 saturated heterocycles. The number of hydrogen-bond donors (Lipinski definition) is 1. The lowest BCUT2D eigenvalue weighted by atomic mass is 10.1. The van der Waals surface area contributed by atoms with Crippen molar-refractivity contribution < 1.29 is 14.3 Å². The molecule has 1 rings (SSSR count). The summed E-state index contributed by atoms with van der Waals surface area (Å²) in [5.41, 5.74) is 5.23. The van der Waals surface area contributed by atoms with Gasteiger partial charge in [-0.05, 0) is 0 Å². The molecule has 1 aliphatic heterocycles. The summed E-state index contributed by atoms with van der Waals surface area (Å²) in [7, 11) is 1.27. The van der Waals surface area contributed by atoms with Crippen LogP contribution in [0.15, 0.2) is 5.10 Å². The van der Waals surface area contributed by atoms with E-state index in [0.29, 0.717) is 6.54 Å². The van der Waals surface area contributed by atoms with Crippen LogP contribution < -0.4 is 5.73 Å². The fourth-order valence-corrected chi connectivity index (χ4v) is 1.10. The Morgan fingerprint density at radius 1 is 1.69 bits per heavy atom. The van der Waals surface area contributed by atoms with Gasteiger partial charge in [0.05, 0.1) is 13.7 Å². The lowest BCUT2D eigenvalue weighted by Gasteiger charge is -2.06. The Morgan fingerprint density at radius 3 is 2.69 bits per heavy atom. The smallest absolute Gasteiger partial charge is 0.354 e. The molecule has 1 heterocycles. The molecular weight excluding hydrogens is 174 g/mol. The van der Waals surface area contributed by atoms with Crippen molar-refractivity contribution in [2.75, 3.05) is 13.7 Å². The van der Waals surface area contributed by atoms with E-state index in [1.165, 1.54) is 7.11 Å². The molecule has 0 aliphatic carbocycles. The van der Waals surface area contributed by atoms with Crippen molar-refractivity contribution in [1.29, 1.82) is 0 Å². The van der Waals surface area contributed by atoms with Gasteiger partial charge in [0.2, 0.25) is 0 Å². The minimum Gasteiger partial charge on any atom is -0.464 e. The zero-order chi connectivity index (χ0) is 10.0. The van der Waals surface area contributed by atoms with E-state index in [9.17, 15) is 9.59 Å². The van der Waals surface area contributed by atoms with Gasteiger partial charge < -0.3 is 10.5 Å². The normalized spacial score (nSPS) is 21.2. The SMILES string of the molecule is COC(=O)C1=NN(C(N)=O)CC1C. The molecule has 13 heavy (non-hydrogen) atoms. The Morgan fingerprint density at radius 2 is 2.31 bits per heavy atom. The van der Waals surface area contributed by atoms with Crippen LogP contribution in [-0.4, -0.2) is 36.4 Å². The van der Waals surface area contributed by atoms with E-state index in [-0.39, 0.29) is 11.6 Å². The molecule has 2 amide bonds. The summed E-state index contributed by atoms with van der Waals surface area (Å²) in [6, 6.07) is -0.661. The number of carbonyl (C=O) groups is 2. The number of carbonyl (C=O) groups excluding carboxylic acids is 2. The summed E-state index contributed by atoms with van der Waals surface area (Å²) >= 11 is 0. The maximum Gasteiger partial charge on any atom is 0.354 e. The monoisotopic (exact) mass is 185 g/mol. The highest BCUT2D eigenvalue weighted by Gasteiger charge is 2.30. The van der Waals surface area contributed by atoms with Crippen LogP contribution in [0.3, 0.4) is 0 Å². The summed E-state index contributed by atoms with van der Waals surface area (Å²) in [6.07, 6.45) is 0. The number of nitrogens with zero attached hydrogens (tertiary/aromatic N) is 2.